The molecule has 63 heavy (non-hydrogen) atoms. The first kappa shape index (κ1) is 40.9. The van der Waals surface area contributed by atoms with E-state index in [1.54, 1.807) is 29.3 Å². The van der Waals surface area contributed by atoms with Crippen molar-refractivity contribution < 1.29 is 33.7 Å². The van der Waals surface area contributed by atoms with Crippen molar-refractivity contribution >= 4 is 46.1 Å². The fourth-order valence-electron chi connectivity index (χ4n) is 9.23. The summed E-state index contributed by atoms with van der Waals surface area (Å²) in [5.41, 5.74) is 12.5. The van der Waals surface area contributed by atoms with E-state index in [-0.39, 0.29) is 54.6 Å². The predicted molar refractivity (Wildman–Crippen MR) is 234 cm³/mol. The lowest BCUT2D eigenvalue weighted by Gasteiger charge is -2.43. The van der Waals surface area contributed by atoms with Gasteiger partial charge in [-0.2, -0.15) is 0 Å². The Hall–Kier alpha value is -6.14. The van der Waals surface area contributed by atoms with Crippen molar-refractivity contribution in [3.8, 4) is 17.0 Å². The number of phenolic OH excluding ortho intramolecular Hbond substituents is 1. The molecule has 5 aromatic rings. The summed E-state index contributed by atoms with van der Waals surface area (Å²) in [5.74, 6) is 0.615. The number of piperazine rings is 1. The van der Waals surface area contributed by atoms with Gasteiger partial charge in [0, 0.05) is 74.9 Å². The molecule has 0 radical (unpaired) electrons. The van der Waals surface area contributed by atoms with Gasteiger partial charge in [-0.3, -0.25) is 24.7 Å². The van der Waals surface area contributed by atoms with Crippen LogP contribution in [-0.4, -0.2) is 130 Å². The molecule has 4 amide bonds. The fraction of sp³-hybridized carbons (Fsp3) is 0.435. The second-order valence-electron chi connectivity index (χ2n) is 17.3. The Balaban J connectivity index is 0.727. The first-order chi connectivity index (χ1) is 30.6. The van der Waals surface area contributed by atoms with E-state index in [4.69, 9.17) is 24.9 Å². The molecule has 0 spiro atoms. The molecule has 0 unspecified atom stereocenters. The van der Waals surface area contributed by atoms with Crippen LogP contribution in [0.2, 0.25) is 0 Å². The van der Waals surface area contributed by atoms with Crippen molar-refractivity contribution in [3.05, 3.63) is 89.7 Å². The van der Waals surface area contributed by atoms with Crippen LogP contribution in [0, 0.1) is 0 Å². The molecule has 5 fully saturated rings. The lowest BCUT2D eigenvalue weighted by molar-refractivity contribution is -0.204. The minimum Gasteiger partial charge on any atom is -0.507 e. The van der Waals surface area contributed by atoms with Crippen LogP contribution in [0.25, 0.3) is 22.3 Å². The van der Waals surface area contributed by atoms with Crippen molar-refractivity contribution in [1.82, 2.24) is 34.9 Å². The van der Waals surface area contributed by atoms with Gasteiger partial charge in [0.25, 0.3) is 5.91 Å². The largest absolute Gasteiger partial charge is 0.507 e. The number of phenols is 1. The molecule has 2 aromatic carbocycles. The number of para-hydroxylation sites is 1. The Kier molecular flexibility index (Phi) is 10.9. The van der Waals surface area contributed by atoms with E-state index in [9.17, 15) is 19.5 Å². The van der Waals surface area contributed by atoms with Gasteiger partial charge < -0.3 is 39.4 Å². The Morgan fingerprint density at radius 2 is 1.71 bits per heavy atom. The number of nitrogens with zero attached hydrogens (tertiary/aromatic N) is 8. The van der Waals surface area contributed by atoms with E-state index in [2.05, 4.69) is 43.0 Å². The highest BCUT2D eigenvalue weighted by Gasteiger charge is 2.36. The number of ether oxygens (including phenoxy) is 3. The lowest BCUT2D eigenvalue weighted by atomic mass is 10.0. The second-order valence-corrected chi connectivity index (χ2v) is 17.3. The summed E-state index contributed by atoms with van der Waals surface area (Å²) in [6.07, 6.45) is 5.59. The molecule has 1 saturated carbocycles. The second kappa shape index (κ2) is 16.9. The summed E-state index contributed by atoms with van der Waals surface area (Å²) in [4.78, 5) is 50.7. The number of rotatable bonds is 9. The monoisotopic (exact) mass is 856 g/mol. The van der Waals surface area contributed by atoms with E-state index in [1.165, 1.54) is 5.56 Å². The maximum Gasteiger partial charge on any atom is 0.328 e. The van der Waals surface area contributed by atoms with Crippen molar-refractivity contribution in [2.45, 2.75) is 69.6 Å². The summed E-state index contributed by atoms with van der Waals surface area (Å²) >= 11 is 0. The first-order valence-corrected chi connectivity index (χ1v) is 21.9. The van der Waals surface area contributed by atoms with Gasteiger partial charge in [0.15, 0.2) is 12.1 Å². The van der Waals surface area contributed by atoms with E-state index in [0.29, 0.717) is 93.3 Å². The van der Waals surface area contributed by atoms with E-state index < -0.39 is 6.03 Å². The molecular formula is C46H52N10O7. The Morgan fingerprint density at radius 3 is 2.44 bits per heavy atom. The smallest absolute Gasteiger partial charge is 0.328 e. The van der Waals surface area contributed by atoms with Crippen molar-refractivity contribution in [3.63, 3.8) is 0 Å². The zero-order valence-corrected chi connectivity index (χ0v) is 35.4. The fourth-order valence-corrected chi connectivity index (χ4v) is 9.23. The Labute approximate surface area is 364 Å². The summed E-state index contributed by atoms with van der Waals surface area (Å²) in [5, 5.41) is 22.4. The number of hydrogen-bond donors (Lipinski definition) is 3. The number of benzene rings is 2. The van der Waals surface area contributed by atoms with Crippen LogP contribution < -0.4 is 20.9 Å². The van der Waals surface area contributed by atoms with Crippen LogP contribution in [0.3, 0.4) is 0 Å². The van der Waals surface area contributed by atoms with Crippen molar-refractivity contribution in [2.75, 3.05) is 74.6 Å². The molecule has 17 heteroatoms. The molecular weight excluding hydrogens is 805 g/mol. The van der Waals surface area contributed by atoms with E-state index in [0.717, 1.165) is 35.1 Å². The summed E-state index contributed by atoms with van der Waals surface area (Å²) in [6.45, 7) is 9.14. The highest BCUT2D eigenvalue weighted by molar-refractivity contribution is 6.06. The minimum absolute atomic E-state index is 0.00532. The molecule has 10 rings (SSSR count). The number of nitrogens with one attached hydrogen (secondary N) is 1. The van der Waals surface area contributed by atoms with Crippen molar-refractivity contribution in [2.24, 2.45) is 0 Å². The number of carbonyl (C=O) groups is 3. The summed E-state index contributed by atoms with van der Waals surface area (Å²) < 4.78 is 21.2. The number of nitrogens with two attached hydrogens (primary N) is 1. The Bertz CT molecular complexity index is 2530. The number of carbonyl (C=O) groups excluding carboxylic acids is 3. The highest BCUT2D eigenvalue weighted by atomic mass is 16.7. The van der Waals surface area contributed by atoms with Crippen LogP contribution in [0.1, 0.15) is 72.7 Å². The van der Waals surface area contributed by atoms with E-state index >= 15 is 0 Å². The van der Waals surface area contributed by atoms with Crippen LogP contribution in [0.15, 0.2) is 73.1 Å². The van der Waals surface area contributed by atoms with Gasteiger partial charge >= 0.3 is 6.03 Å². The maximum atomic E-state index is 13.7. The molecule has 17 nitrogen and oxygen atoms in total. The Morgan fingerprint density at radius 1 is 0.952 bits per heavy atom. The molecule has 328 valence electrons. The summed E-state index contributed by atoms with van der Waals surface area (Å²) in [6, 6.07) is 18.1. The number of aromatic hydroxyl groups is 1. The van der Waals surface area contributed by atoms with Crippen LogP contribution in [0.5, 0.6) is 5.75 Å². The third-order valence-corrected chi connectivity index (χ3v) is 13.2. The topological polar surface area (TPSA) is 194 Å². The molecule has 4 N–H and O–H groups in total. The lowest BCUT2D eigenvalue weighted by Crippen LogP contribution is -2.51. The van der Waals surface area contributed by atoms with Gasteiger partial charge in [0.05, 0.1) is 54.7 Å². The SMILES string of the molecule is C[C@@H]1O[C@H](c2ccc(C(=O)N3CCN(CC4OCC(n5cc(C6CC6)c6cc(N7CCC(=O)NC7=O)cnc65)CO4)CC3)cc2)CN(c2cc(-c3ccccc3O)nnc2N)[C@@H]1C. The third kappa shape index (κ3) is 8.17. The number of aromatic nitrogens is 4. The van der Waals surface area contributed by atoms with Gasteiger partial charge in [-0.25, -0.2) is 9.78 Å². The molecule has 1 aliphatic carbocycles. The standard InChI is InChI=1S/C46H52N10O7/c1-27-28(2)63-40(23-55(27)38-20-37(50-51-43(38)47)34-5-3-4-6-39(34)57)30-9-11-31(12-10-30)45(59)53-17-15-52(16-18-53)24-42-61-25-33(26-62-42)56-22-36(29-7-8-29)35-19-32(21-48-44(35)56)54-14-13-41(58)49-46(54)60/h3-6,9-12,19-22,27-29,33,40,42,57H,7-8,13-18,23-26H2,1-2H3,(H2,47,51)(H,49,58,60)/t27-,28+,33?,40+,42?/m1/s1. The van der Waals surface area contributed by atoms with Crippen molar-refractivity contribution in [1.29, 1.82) is 0 Å². The number of imide groups is 1. The molecule has 4 aliphatic heterocycles. The van der Waals surface area contributed by atoms with Crippen LogP contribution >= 0.6 is 0 Å². The first-order valence-electron chi connectivity index (χ1n) is 21.9. The number of pyridine rings is 1. The van der Waals surface area contributed by atoms with Crippen LogP contribution in [0.4, 0.5) is 22.0 Å². The molecule has 7 heterocycles. The number of anilines is 3. The zero-order chi connectivity index (χ0) is 43.4. The van der Waals surface area contributed by atoms with Gasteiger partial charge in [-0.1, -0.05) is 24.3 Å². The molecule has 3 aromatic heterocycles. The average molecular weight is 857 g/mol. The van der Waals surface area contributed by atoms with Crippen LogP contribution in [-0.2, 0) is 19.0 Å². The number of amides is 4. The summed E-state index contributed by atoms with van der Waals surface area (Å²) in [7, 11) is 0. The molecule has 0 bridgehead atoms. The maximum absolute atomic E-state index is 13.7. The van der Waals surface area contributed by atoms with Gasteiger partial charge in [0.1, 0.15) is 17.5 Å². The van der Waals surface area contributed by atoms with Gasteiger partial charge in [-0.15, -0.1) is 10.2 Å². The normalized spacial score (nSPS) is 24.8. The van der Waals surface area contributed by atoms with Gasteiger partial charge in [0.2, 0.25) is 5.91 Å². The number of morpholine rings is 1. The predicted octanol–water partition coefficient (Wildman–Crippen LogP) is 4.83. The average Bonchev–Trinajstić information content (AvgIpc) is 4.08. The zero-order valence-electron chi connectivity index (χ0n) is 35.4. The third-order valence-electron chi connectivity index (χ3n) is 13.2. The quantitative estimate of drug-likeness (QED) is 0.183. The number of urea groups is 1. The number of hydrogen-bond acceptors (Lipinski definition) is 13. The highest BCUT2D eigenvalue weighted by Crippen LogP contribution is 2.45. The molecule has 3 atom stereocenters. The number of fused-ring (bicyclic) bond motifs is 1. The van der Waals surface area contributed by atoms with E-state index in [1.807, 2.05) is 54.3 Å². The number of nitrogen functional groups attached to an aromatic ring is 1. The molecule has 5 aliphatic rings. The van der Waals surface area contributed by atoms with Gasteiger partial charge in [-0.05, 0) is 80.1 Å². The minimum atomic E-state index is -0.419. The molecule has 4 saturated heterocycles.